The summed E-state index contributed by atoms with van der Waals surface area (Å²) in [6.07, 6.45) is 10.6. The van der Waals surface area contributed by atoms with Crippen molar-refractivity contribution in [2.24, 2.45) is 0 Å². The third-order valence-electron chi connectivity index (χ3n) is 4.74. The van der Waals surface area contributed by atoms with Crippen LogP contribution in [-0.2, 0) is 0 Å². The maximum atomic E-state index is 3.93. The van der Waals surface area contributed by atoms with E-state index in [1.165, 1.54) is 51.6 Å². The molecule has 0 aromatic heterocycles. The lowest BCUT2D eigenvalue weighted by atomic mass is 9.93. The van der Waals surface area contributed by atoms with Gasteiger partial charge >= 0.3 is 0 Å². The highest BCUT2D eigenvalue weighted by Crippen LogP contribution is 2.27. The lowest BCUT2D eigenvalue weighted by molar-refractivity contribution is 0.152. The van der Waals surface area contributed by atoms with Crippen LogP contribution in [0.5, 0.6) is 0 Å². The molecule has 1 heterocycles. The first kappa shape index (κ1) is 14.7. The molecule has 106 valence electrons. The number of thioether (sulfide) groups is 1. The fourth-order valence-corrected chi connectivity index (χ4v) is 4.12. The maximum Gasteiger partial charge on any atom is 0.00940 e. The zero-order valence-electron chi connectivity index (χ0n) is 12.3. The Morgan fingerprint density at radius 1 is 0.944 bits per heavy atom. The van der Waals surface area contributed by atoms with Crippen molar-refractivity contribution < 1.29 is 0 Å². The van der Waals surface area contributed by atoms with Crippen molar-refractivity contribution in [1.29, 1.82) is 0 Å². The fourth-order valence-electron chi connectivity index (χ4n) is 3.38. The molecule has 3 heteroatoms. The summed E-state index contributed by atoms with van der Waals surface area (Å²) in [7, 11) is 0. The van der Waals surface area contributed by atoms with Gasteiger partial charge in [0.1, 0.15) is 0 Å². The predicted octanol–water partition coefficient (Wildman–Crippen LogP) is 3.12. The topological polar surface area (TPSA) is 15.3 Å². The van der Waals surface area contributed by atoms with Crippen LogP contribution in [-0.4, -0.2) is 47.6 Å². The van der Waals surface area contributed by atoms with Gasteiger partial charge in [0, 0.05) is 23.4 Å². The first-order chi connectivity index (χ1) is 8.69. The van der Waals surface area contributed by atoms with Gasteiger partial charge in [0.05, 0.1) is 0 Å². The van der Waals surface area contributed by atoms with Gasteiger partial charge in [-0.1, -0.05) is 0 Å². The van der Waals surface area contributed by atoms with E-state index in [2.05, 4.69) is 42.1 Å². The highest BCUT2D eigenvalue weighted by atomic mass is 32.2. The summed E-state index contributed by atoms with van der Waals surface area (Å²) in [6.45, 7) is 7.21. The number of hydrogen-bond acceptors (Lipinski definition) is 3. The number of likely N-dealkylation sites (tertiary alicyclic amines) is 1. The van der Waals surface area contributed by atoms with E-state index in [4.69, 9.17) is 0 Å². The van der Waals surface area contributed by atoms with Gasteiger partial charge in [-0.25, -0.2) is 0 Å². The summed E-state index contributed by atoms with van der Waals surface area (Å²) < 4.78 is 0. The Hall–Kier alpha value is 0.270. The molecule has 0 aromatic rings. The van der Waals surface area contributed by atoms with Crippen LogP contribution in [0.1, 0.15) is 52.4 Å². The minimum atomic E-state index is 0.725. The molecule has 2 aliphatic rings. The molecule has 2 fully saturated rings. The molecule has 0 spiro atoms. The van der Waals surface area contributed by atoms with Gasteiger partial charge in [0.25, 0.3) is 0 Å². The summed E-state index contributed by atoms with van der Waals surface area (Å²) in [5.41, 5.74) is 0. The number of nitrogens with one attached hydrogen (secondary N) is 1. The lowest BCUT2D eigenvalue weighted by Crippen LogP contribution is -2.48. The molecule has 0 aromatic carbocycles. The molecule has 0 amide bonds. The van der Waals surface area contributed by atoms with Crippen LogP contribution in [0.4, 0.5) is 0 Å². The molecular formula is C15H30N2S. The monoisotopic (exact) mass is 270 g/mol. The fraction of sp³-hybridized carbons (Fsp3) is 1.00. The first-order valence-corrected chi connectivity index (χ1v) is 9.00. The number of piperidine rings is 1. The second-order valence-electron chi connectivity index (χ2n) is 6.28. The minimum Gasteiger partial charge on any atom is -0.311 e. The van der Waals surface area contributed by atoms with Crippen LogP contribution in [0.2, 0.25) is 0 Å². The van der Waals surface area contributed by atoms with Crippen molar-refractivity contribution in [1.82, 2.24) is 10.2 Å². The van der Waals surface area contributed by atoms with E-state index < -0.39 is 0 Å². The van der Waals surface area contributed by atoms with Gasteiger partial charge in [-0.3, -0.25) is 0 Å². The van der Waals surface area contributed by atoms with Gasteiger partial charge in [-0.2, -0.15) is 11.8 Å². The SMILES string of the molecule is CSC1CCC(NC2CCN(C(C)C)CC2)CC1. The molecule has 2 nitrogen and oxygen atoms in total. The molecular weight excluding hydrogens is 240 g/mol. The molecule has 2 rings (SSSR count). The molecule has 1 N–H and O–H groups in total. The number of nitrogens with zero attached hydrogens (tertiary/aromatic N) is 1. The van der Waals surface area contributed by atoms with E-state index in [1.54, 1.807) is 0 Å². The smallest absolute Gasteiger partial charge is 0.00940 e. The molecule has 0 unspecified atom stereocenters. The Bertz CT molecular complexity index is 229. The van der Waals surface area contributed by atoms with Gasteiger partial charge in [-0.15, -0.1) is 0 Å². The molecule has 1 aliphatic heterocycles. The summed E-state index contributed by atoms with van der Waals surface area (Å²) in [5.74, 6) is 0. The molecule has 0 atom stereocenters. The highest BCUT2D eigenvalue weighted by molar-refractivity contribution is 7.99. The van der Waals surface area contributed by atoms with Crippen LogP contribution in [0.15, 0.2) is 0 Å². The zero-order chi connectivity index (χ0) is 13.0. The third kappa shape index (κ3) is 4.14. The van der Waals surface area contributed by atoms with Crippen LogP contribution < -0.4 is 5.32 Å². The van der Waals surface area contributed by atoms with Crippen molar-refractivity contribution in [2.45, 2.75) is 75.7 Å². The summed E-state index contributed by atoms with van der Waals surface area (Å²) in [4.78, 5) is 2.61. The van der Waals surface area contributed by atoms with E-state index in [1.807, 2.05) is 0 Å². The lowest BCUT2D eigenvalue weighted by Gasteiger charge is -2.38. The van der Waals surface area contributed by atoms with Crippen molar-refractivity contribution in [2.75, 3.05) is 19.3 Å². The van der Waals surface area contributed by atoms with E-state index in [0.29, 0.717) is 0 Å². The van der Waals surface area contributed by atoms with Crippen LogP contribution in [0.25, 0.3) is 0 Å². The molecule has 1 saturated carbocycles. The molecule has 1 aliphatic carbocycles. The summed E-state index contributed by atoms with van der Waals surface area (Å²) >= 11 is 2.06. The van der Waals surface area contributed by atoms with E-state index >= 15 is 0 Å². The van der Waals surface area contributed by atoms with Crippen molar-refractivity contribution >= 4 is 11.8 Å². The van der Waals surface area contributed by atoms with Crippen molar-refractivity contribution in [3.8, 4) is 0 Å². The van der Waals surface area contributed by atoms with Crippen molar-refractivity contribution in [3.63, 3.8) is 0 Å². The number of rotatable bonds is 4. The second-order valence-corrected chi connectivity index (χ2v) is 7.42. The van der Waals surface area contributed by atoms with Gasteiger partial charge in [0.15, 0.2) is 0 Å². The van der Waals surface area contributed by atoms with E-state index in [0.717, 1.165) is 23.4 Å². The highest BCUT2D eigenvalue weighted by Gasteiger charge is 2.25. The van der Waals surface area contributed by atoms with Crippen LogP contribution in [0.3, 0.4) is 0 Å². The van der Waals surface area contributed by atoms with E-state index in [9.17, 15) is 0 Å². The molecule has 0 bridgehead atoms. The largest absolute Gasteiger partial charge is 0.311 e. The normalized spacial score (nSPS) is 32.0. The Morgan fingerprint density at radius 3 is 2.00 bits per heavy atom. The second kappa shape index (κ2) is 7.16. The predicted molar refractivity (Wildman–Crippen MR) is 82.4 cm³/mol. The zero-order valence-corrected chi connectivity index (χ0v) is 13.1. The quantitative estimate of drug-likeness (QED) is 0.845. The van der Waals surface area contributed by atoms with Gasteiger partial charge < -0.3 is 10.2 Å². The van der Waals surface area contributed by atoms with Crippen LogP contribution >= 0.6 is 11.8 Å². The van der Waals surface area contributed by atoms with E-state index in [-0.39, 0.29) is 0 Å². The minimum absolute atomic E-state index is 0.725. The van der Waals surface area contributed by atoms with Crippen molar-refractivity contribution in [3.05, 3.63) is 0 Å². The summed E-state index contributed by atoms with van der Waals surface area (Å²) in [6, 6.07) is 2.32. The average molecular weight is 270 g/mol. The summed E-state index contributed by atoms with van der Waals surface area (Å²) in [5, 5.41) is 4.86. The first-order valence-electron chi connectivity index (χ1n) is 7.72. The van der Waals surface area contributed by atoms with Gasteiger partial charge in [0.2, 0.25) is 0 Å². The molecule has 18 heavy (non-hydrogen) atoms. The molecule has 0 radical (unpaired) electrons. The van der Waals surface area contributed by atoms with Gasteiger partial charge in [-0.05, 0) is 71.7 Å². The molecule has 1 saturated heterocycles. The Morgan fingerprint density at radius 2 is 1.50 bits per heavy atom. The Balaban J connectivity index is 1.66. The third-order valence-corrected chi connectivity index (χ3v) is 5.88. The maximum absolute atomic E-state index is 3.93. The standard InChI is InChI=1S/C15H30N2S/c1-12(2)17-10-8-14(9-11-17)16-13-4-6-15(18-3)7-5-13/h12-16H,4-11H2,1-3H3. The Kier molecular flexibility index (Phi) is 5.84. The number of hydrogen-bond donors (Lipinski definition) is 1. The average Bonchev–Trinajstić information content (AvgIpc) is 2.40. The van der Waals surface area contributed by atoms with Crippen LogP contribution in [0, 0.1) is 0 Å². The Labute approximate surface area is 117 Å².